The van der Waals surface area contributed by atoms with Crippen LogP contribution in [0.5, 0.6) is 0 Å². The van der Waals surface area contributed by atoms with Crippen molar-refractivity contribution < 1.29 is 8.22 Å². The lowest BCUT2D eigenvalue weighted by atomic mass is 9.33. The first-order chi connectivity index (χ1) is 17.3. The van der Waals surface area contributed by atoms with E-state index in [0.717, 1.165) is 70.6 Å². The minimum atomic E-state index is -1.63. The highest BCUT2D eigenvalue weighted by Gasteiger charge is 2.67. The van der Waals surface area contributed by atoms with Gasteiger partial charge in [0.25, 0.3) is 0 Å². The summed E-state index contributed by atoms with van der Waals surface area (Å²) >= 11 is 0. The Kier molecular flexibility index (Phi) is 2.65. The Bertz CT molecular complexity index is 963. The normalized spacial score (nSPS) is 79.5. The average Bonchev–Trinajstić information content (AvgIpc) is 2.74. The Balaban J connectivity index is 1.31. The van der Waals surface area contributed by atoms with Crippen LogP contribution in [0.3, 0.4) is 0 Å². The van der Waals surface area contributed by atoms with Gasteiger partial charge in [0.05, 0.1) is 0 Å². The molecule has 0 N–H and O–H groups in total. The molecule has 12 aliphatic carbocycles. The molecule has 0 saturated heterocycles. The highest BCUT2D eigenvalue weighted by atomic mass is 14.7. The second kappa shape index (κ2) is 5.97. The van der Waals surface area contributed by atoms with Gasteiger partial charge in [0.1, 0.15) is 0 Å². The summed E-state index contributed by atoms with van der Waals surface area (Å²) in [7, 11) is 0. The van der Waals surface area contributed by atoms with Crippen LogP contribution in [0.15, 0.2) is 0 Å². The van der Waals surface area contributed by atoms with Gasteiger partial charge in [-0.1, -0.05) is 0 Å². The first-order valence-corrected chi connectivity index (χ1v) is 14.3. The van der Waals surface area contributed by atoms with Crippen LogP contribution in [-0.2, 0) is 0 Å². The Morgan fingerprint density at radius 2 is 0.935 bits per heavy atom. The molecule has 12 fully saturated rings. The molecule has 31 heavy (non-hydrogen) atoms. The Hall–Kier alpha value is 0. The van der Waals surface area contributed by atoms with E-state index in [2.05, 4.69) is 0 Å². The van der Waals surface area contributed by atoms with Crippen molar-refractivity contribution in [3.05, 3.63) is 0 Å². The molecule has 0 aromatic carbocycles. The molecule has 0 heteroatoms. The van der Waals surface area contributed by atoms with Crippen molar-refractivity contribution in [3.63, 3.8) is 0 Å². The molecule has 170 valence electrons. The van der Waals surface area contributed by atoms with Crippen molar-refractivity contribution in [2.75, 3.05) is 0 Å². The highest BCUT2D eigenvalue weighted by Crippen LogP contribution is 2.75. The van der Waals surface area contributed by atoms with Gasteiger partial charge < -0.3 is 0 Å². The van der Waals surface area contributed by atoms with E-state index in [1.807, 2.05) is 0 Å². The molecule has 12 bridgehead atoms. The number of rotatable bonds is 3. The van der Waals surface area contributed by atoms with E-state index in [-0.39, 0.29) is 11.3 Å². The standard InChI is InChI=1S/C31H46/c1-18-8-26-10-19(1)11-27(9-18)28(26)29(30-12-20-2-21(13-30)4-22(3-20)14-30)31-15-23-5-24(16-31)7-25(6-23)17-31/h18-29H,1-17H2/i12T2,20T,26T,27T,28T. The SMILES string of the molecule is [3H]C12CC3CC(C1)CC(C(C14CC5CC(CC(C5)C1)C4)C1([3H])C4([3H])CC5CC(C4)CC1([3H])C5)(C3)C2([3H])[3H]. The zero-order valence-corrected chi connectivity index (χ0v) is 19.4. The van der Waals surface area contributed by atoms with Crippen molar-refractivity contribution in [1.82, 2.24) is 0 Å². The van der Waals surface area contributed by atoms with E-state index >= 15 is 0 Å². The van der Waals surface area contributed by atoms with Gasteiger partial charge in [0.2, 0.25) is 0 Å². The lowest BCUT2D eigenvalue weighted by molar-refractivity contribution is -0.221. The molecule has 12 aliphatic rings. The molecule has 0 nitrogen and oxygen atoms in total. The smallest absolute Gasteiger partial charge is 0.0312 e. The van der Waals surface area contributed by atoms with E-state index < -0.39 is 35.4 Å². The molecule has 0 aromatic heterocycles. The summed E-state index contributed by atoms with van der Waals surface area (Å²) < 4.78 is 60.5. The minimum Gasteiger partial charge on any atom is -0.0475 e. The third-order valence-electron chi connectivity index (χ3n) is 12.6. The fraction of sp³-hybridized carbons (Fsp3) is 1.00. The van der Waals surface area contributed by atoms with Crippen molar-refractivity contribution >= 4 is 0 Å². The first-order valence-electron chi connectivity index (χ1n) is 17.3. The van der Waals surface area contributed by atoms with Crippen LogP contribution in [0.25, 0.3) is 0 Å². The minimum absolute atomic E-state index is 0.0800. The van der Waals surface area contributed by atoms with E-state index in [0.29, 0.717) is 54.3 Å². The quantitative estimate of drug-likeness (QED) is 0.424. The first kappa shape index (κ1) is 13.8. The molecule has 12 rings (SSSR count). The maximum Gasteiger partial charge on any atom is 0.0312 e. The number of hydrogen-bond acceptors (Lipinski definition) is 0. The van der Waals surface area contributed by atoms with Crippen molar-refractivity contribution in [1.29, 1.82) is 0 Å². The molecule has 0 amide bonds. The van der Waals surface area contributed by atoms with E-state index in [1.54, 1.807) is 0 Å². The van der Waals surface area contributed by atoms with Crippen LogP contribution >= 0.6 is 0 Å². The second-order valence-corrected chi connectivity index (χ2v) is 14.8. The molecule has 0 aromatic rings. The predicted molar refractivity (Wildman–Crippen MR) is 125 cm³/mol. The van der Waals surface area contributed by atoms with Crippen LogP contribution in [-0.4, -0.2) is 0 Å². The fourth-order valence-electron chi connectivity index (χ4n) is 13.0. The Morgan fingerprint density at radius 3 is 1.45 bits per heavy atom. The zero-order chi connectivity index (χ0) is 25.4. The molecule has 12 saturated carbocycles. The largest absolute Gasteiger partial charge is 0.0475 e. The van der Waals surface area contributed by atoms with E-state index in [1.165, 1.54) is 19.3 Å². The topological polar surface area (TPSA) is 0 Å². The third-order valence-corrected chi connectivity index (χ3v) is 12.6. The molecule has 3 atom stereocenters. The van der Waals surface area contributed by atoms with Crippen molar-refractivity contribution in [2.45, 2.75) is 109 Å². The van der Waals surface area contributed by atoms with Crippen molar-refractivity contribution in [3.8, 4) is 0 Å². The van der Waals surface area contributed by atoms with Gasteiger partial charge in [-0.15, -0.1) is 0 Å². The van der Waals surface area contributed by atoms with Gasteiger partial charge in [0, 0.05) is 8.22 Å². The highest BCUT2D eigenvalue weighted by molar-refractivity contribution is 5.16. The number of hydrogen-bond donors (Lipinski definition) is 0. The third kappa shape index (κ3) is 2.45. The maximum absolute atomic E-state index is 10.8. The fourth-order valence-corrected chi connectivity index (χ4v) is 13.0. The Morgan fingerprint density at radius 1 is 0.516 bits per heavy atom. The average molecular weight is 431 g/mol. The van der Waals surface area contributed by atoms with E-state index in [9.17, 15) is 8.22 Å². The van der Waals surface area contributed by atoms with Crippen LogP contribution in [0.2, 0.25) is 0 Å². The van der Waals surface area contributed by atoms with Crippen LogP contribution in [0.4, 0.5) is 0 Å². The molecular weight excluding hydrogens is 372 g/mol. The second-order valence-electron chi connectivity index (χ2n) is 14.8. The molecule has 0 heterocycles. The molecule has 0 spiro atoms. The molecule has 3 unspecified atom stereocenters. The summed E-state index contributed by atoms with van der Waals surface area (Å²) in [5.74, 6) is -0.500. The van der Waals surface area contributed by atoms with E-state index in [4.69, 9.17) is 0 Å². The monoisotopic (exact) mass is 430 g/mol. The zero-order valence-electron chi connectivity index (χ0n) is 25.4. The molecule has 0 radical (unpaired) electrons. The van der Waals surface area contributed by atoms with Crippen LogP contribution < -0.4 is 0 Å². The Labute approximate surface area is 199 Å². The van der Waals surface area contributed by atoms with Gasteiger partial charge in [-0.25, -0.2) is 0 Å². The van der Waals surface area contributed by atoms with Crippen LogP contribution in [0, 0.1) is 81.7 Å². The lowest BCUT2D eigenvalue weighted by Gasteiger charge is -2.71. The summed E-state index contributed by atoms with van der Waals surface area (Å²) in [5.41, 5.74) is -0.771. The maximum atomic E-state index is 10.8. The summed E-state index contributed by atoms with van der Waals surface area (Å²) in [6, 6.07) is 0. The summed E-state index contributed by atoms with van der Waals surface area (Å²) in [4.78, 5) is 0. The summed E-state index contributed by atoms with van der Waals surface area (Å²) in [6.07, 6.45) is 14.2. The summed E-state index contributed by atoms with van der Waals surface area (Å²) in [6.45, 7) is 0. The van der Waals surface area contributed by atoms with Crippen molar-refractivity contribution in [2.24, 2.45) is 81.7 Å². The molecular formula is C31H46. The summed E-state index contributed by atoms with van der Waals surface area (Å²) in [5, 5.41) is 0. The van der Waals surface area contributed by atoms with Gasteiger partial charge in [-0.3, -0.25) is 0 Å². The van der Waals surface area contributed by atoms with Gasteiger partial charge in [-0.05, 0) is 191 Å². The lowest BCUT2D eigenvalue weighted by Crippen LogP contribution is -2.63. The molecule has 0 aliphatic heterocycles. The van der Waals surface area contributed by atoms with Gasteiger partial charge in [0.15, 0.2) is 0 Å². The van der Waals surface area contributed by atoms with Gasteiger partial charge in [-0.2, -0.15) is 0 Å². The van der Waals surface area contributed by atoms with Crippen LogP contribution in [0.1, 0.15) is 117 Å². The van der Waals surface area contributed by atoms with Gasteiger partial charge >= 0.3 is 0 Å². The predicted octanol–water partition coefficient (Wildman–Crippen LogP) is 8.11.